The second-order valence-corrected chi connectivity index (χ2v) is 6.10. The molecule has 0 aliphatic carbocycles. The number of fused-ring (bicyclic) bond motifs is 1. The van der Waals surface area contributed by atoms with Crippen molar-refractivity contribution in [1.29, 1.82) is 0 Å². The molecule has 0 saturated heterocycles. The van der Waals surface area contributed by atoms with Crippen molar-refractivity contribution in [3.8, 4) is 0 Å². The van der Waals surface area contributed by atoms with Crippen molar-refractivity contribution in [2.45, 2.75) is 26.6 Å². The summed E-state index contributed by atoms with van der Waals surface area (Å²) in [4.78, 5) is 11.1. The van der Waals surface area contributed by atoms with Crippen LogP contribution in [0.25, 0.3) is 11.2 Å². The number of hydrogen-bond acceptors (Lipinski definition) is 5. The van der Waals surface area contributed by atoms with Gasteiger partial charge in [0.05, 0.1) is 0 Å². The van der Waals surface area contributed by atoms with Crippen molar-refractivity contribution in [2.75, 3.05) is 4.90 Å². The third-order valence-electron chi connectivity index (χ3n) is 4.31. The van der Waals surface area contributed by atoms with Crippen molar-refractivity contribution in [1.82, 2.24) is 25.0 Å². The quantitative estimate of drug-likeness (QED) is 0.536. The third kappa shape index (κ3) is 3.26. The van der Waals surface area contributed by atoms with Crippen LogP contribution in [0, 0.1) is 0 Å². The van der Waals surface area contributed by atoms with Gasteiger partial charge in [0.2, 0.25) is 0 Å². The molecule has 0 amide bonds. The van der Waals surface area contributed by atoms with Crippen LogP contribution in [-0.4, -0.2) is 25.0 Å². The summed E-state index contributed by atoms with van der Waals surface area (Å²) in [6.07, 6.45) is 1.59. The van der Waals surface area contributed by atoms with E-state index in [0.717, 1.165) is 36.6 Å². The van der Waals surface area contributed by atoms with Crippen molar-refractivity contribution in [2.24, 2.45) is 0 Å². The zero-order valence-corrected chi connectivity index (χ0v) is 14.7. The molecule has 0 unspecified atom stereocenters. The summed E-state index contributed by atoms with van der Waals surface area (Å²) in [5.41, 5.74) is 3.95. The van der Waals surface area contributed by atoms with Crippen LogP contribution in [-0.2, 0) is 19.6 Å². The maximum absolute atomic E-state index is 4.55. The summed E-state index contributed by atoms with van der Waals surface area (Å²) in [5.74, 6) is 0.808. The monoisotopic (exact) mass is 344 g/mol. The Morgan fingerprint density at radius 2 is 1.46 bits per heavy atom. The molecule has 2 aromatic carbocycles. The Labute approximate surface area is 152 Å². The number of anilines is 1. The molecule has 0 bridgehead atoms. The molecule has 0 atom stereocenters. The third-order valence-corrected chi connectivity index (χ3v) is 4.31. The first-order valence-corrected chi connectivity index (χ1v) is 8.72. The van der Waals surface area contributed by atoms with Crippen LogP contribution < -0.4 is 4.90 Å². The first-order valence-electron chi connectivity index (χ1n) is 8.72. The van der Waals surface area contributed by atoms with Crippen LogP contribution in [0.2, 0.25) is 0 Å². The van der Waals surface area contributed by atoms with Gasteiger partial charge in [-0.15, -0.1) is 5.10 Å². The Bertz CT molecular complexity index is 940. The topological polar surface area (TPSA) is 59.7 Å². The maximum Gasteiger partial charge on any atom is 0.183 e. The molecule has 4 rings (SSSR count). The summed E-state index contributed by atoms with van der Waals surface area (Å²) in [6, 6.07) is 20.8. The Morgan fingerprint density at radius 3 is 2.04 bits per heavy atom. The number of aromatic nitrogens is 5. The minimum atomic E-state index is 0.727. The zero-order valence-electron chi connectivity index (χ0n) is 14.7. The summed E-state index contributed by atoms with van der Waals surface area (Å²) >= 11 is 0. The highest BCUT2D eigenvalue weighted by atomic mass is 15.4. The van der Waals surface area contributed by atoms with E-state index in [1.54, 1.807) is 11.0 Å². The molecule has 2 heterocycles. The molecule has 6 heteroatoms. The fourth-order valence-electron chi connectivity index (χ4n) is 3.04. The Kier molecular flexibility index (Phi) is 4.55. The first-order chi connectivity index (χ1) is 12.8. The van der Waals surface area contributed by atoms with Crippen LogP contribution in [0.4, 0.5) is 5.82 Å². The van der Waals surface area contributed by atoms with E-state index >= 15 is 0 Å². The SMILES string of the molecule is CCn1nnc2c(N(Cc3ccccc3)Cc3ccccc3)ncnc21. The molecule has 0 saturated carbocycles. The minimum Gasteiger partial charge on any atom is -0.346 e. The van der Waals surface area contributed by atoms with Crippen LogP contribution >= 0.6 is 0 Å². The van der Waals surface area contributed by atoms with E-state index in [4.69, 9.17) is 0 Å². The highest BCUT2D eigenvalue weighted by Crippen LogP contribution is 2.24. The van der Waals surface area contributed by atoms with Gasteiger partial charge in [-0.1, -0.05) is 65.9 Å². The average molecular weight is 344 g/mol. The van der Waals surface area contributed by atoms with Crippen LogP contribution in [0.15, 0.2) is 67.0 Å². The molecule has 6 nitrogen and oxygen atoms in total. The predicted octanol–water partition coefficient (Wildman–Crippen LogP) is 3.45. The molecule has 0 fully saturated rings. The predicted molar refractivity (Wildman–Crippen MR) is 102 cm³/mol. The lowest BCUT2D eigenvalue weighted by molar-refractivity contribution is 0.641. The van der Waals surface area contributed by atoms with Crippen molar-refractivity contribution in [3.63, 3.8) is 0 Å². The van der Waals surface area contributed by atoms with Gasteiger partial charge in [0.15, 0.2) is 17.0 Å². The van der Waals surface area contributed by atoms with Gasteiger partial charge in [-0.3, -0.25) is 0 Å². The largest absolute Gasteiger partial charge is 0.346 e. The number of rotatable bonds is 6. The van der Waals surface area contributed by atoms with E-state index in [2.05, 4.69) is 73.7 Å². The van der Waals surface area contributed by atoms with E-state index in [1.807, 2.05) is 19.1 Å². The standard InChI is InChI=1S/C20H20N6/c1-2-26-20-18(23-24-26)19(21-15-22-20)25(13-16-9-5-3-6-10-16)14-17-11-7-4-8-12-17/h3-12,15H,2,13-14H2,1H3. The fourth-order valence-corrected chi connectivity index (χ4v) is 3.04. The fraction of sp³-hybridized carbons (Fsp3) is 0.200. The lowest BCUT2D eigenvalue weighted by atomic mass is 10.1. The van der Waals surface area contributed by atoms with Crippen LogP contribution in [0.1, 0.15) is 18.1 Å². The van der Waals surface area contributed by atoms with E-state index in [0.29, 0.717) is 0 Å². The molecule has 0 N–H and O–H groups in total. The molecule has 26 heavy (non-hydrogen) atoms. The van der Waals surface area contributed by atoms with Crippen molar-refractivity contribution >= 4 is 17.0 Å². The molecule has 2 aromatic heterocycles. The van der Waals surface area contributed by atoms with Gasteiger partial charge in [-0.05, 0) is 18.1 Å². The van der Waals surface area contributed by atoms with Gasteiger partial charge in [-0.25, -0.2) is 14.6 Å². The normalized spacial score (nSPS) is 11.0. The van der Waals surface area contributed by atoms with Gasteiger partial charge in [0.1, 0.15) is 6.33 Å². The second-order valence-electron chi connectivity index (χ2n) is 6.10. The summed E-state index contributed by atoms with van der Waals surface area (Å²) in [5, 5.41) is 8.55. The molecule has 0 aliphatic rings. The lowest BCUT2D eigenvalue weighted by Crippen LogP contribution is -2.23. The highest BCUT2D eigenvalue weighted by Gasteiger charge is 2.17. The highest BCUT2D eigenvalue weighted by molar-refractivity contribution is 5.82. The van der Waals surface area contributed by atoms with E-state index < -0.39 is 0 Å². The Balaban J connectivity index is 1.76. The molecule has 4 aromatic rings. The molecule has 130 valence electrons. The Hall–Kier alpha value is -3.28. The van der Waals surface area contributed by atoms with Crippen molar-refractivity contribution < 1.29 is 0 Å². The minimum absolute atomic E-state index is 0.727. The smallest absolute Gasteiger partial charge is 0.183 e. The van der Waals surface area contributed by atoms with E-state index in [-0.39, 0.29) is 0 Å². The Morgan fingerprint density at radius 1 is 0.846 bits per heavy atom. The van der Waals surface area contributed by atoms with Gasteiger partial charge in [-0.2, -0.15) is 0 Å². The summed E-state index contributed by atoms with van der Waals surface area (Å²) in [7, 11) is 0. The van der Waals surface area contributed by atoms with Crippen LogP contribution in [0.3, 0.4) is 0 Å². The average Bonchev–Trinajstić information content (AvgIpc) is 3.12. The molecule has 0 radical (unpaired) electrons. The molecular formula is C20H20N6. The summed E-state index contributed by atoms with van der Waals surface area (Å²) < 4.78 is 1.80. The van der Waals surface area contributed by atoms with E-state index in [1.165, 1.54) is 11.1 Å². The number of nitrogens with zero attached hydrogens (tertiary/aromatic N) is 6. The van der Waals surface area contributed by atoms with Gasteiger partial charge >= 0.3 is 0 Å². The van der Waals surface area contributed by atoms with E-state index in [9.17, 15) is 0 Å². The maximum atomic E-state index is 4.55. The van der Waals surface area contributed by atoms with Gasteiger partial charge in [0, 0.05) is 19.6 Å². The number of hydrogen-bond donors (Lipinski definition) is 0. The lowest BCUT2D eigenvalue weighted by Gasteiger charge is -2.24. The van der Waals surface area contributed by atoms with Gasteiger partial charge in [0.25, 0.3) is 0 Å². The number of aryl methyl sites for hydroxylation is 1. The molecule has 0 aliphatic heterocycles. The second kappa shape index (κ2) is 7.31. The van der Waals surface area contributed by atoms with Crippen molar-refractivity contribution in [3.05, 3.63) is 78.1 Å². The first kappa shape index (κ1) is 16.2. The number of benzene rings is 2. The van der Waals surface area contributed by atoms with Crippen LogP contribution in [0.5, 0.6) is 0 Å². The molecular weight excluding hydrogens is 324 g/mol. The zero-order chi connectivity index (χ0) is 17.8. The van der Waals surface area contributed by atoms with Gasteiger partial charge < -0.3 is 4.90 Å². The molecule has 0 spiro atoms. The summed E-state index contributed by atoms with van der Waals surface area (Å²) in [6.45, 7) is 4.23.